The van der Waals surface area contributed by atoms with Crippen molar-refractivity contribution in [3.05, 3.63) is 0 Å². The van der Waals surface area contributed by atoms with Crippen LogP contribution in [-0.2, 0) is 28.0 Å². The zero-order valence-corrected chi connectivity index (χ0v) is 34.4. The van der Waals surface area contributed by atoms with Crippen LogP contribution in [0.25, 0.3) is 0 Å². The Labute approximate surface area is 311 Å². The van der Waals surface area contributed by atoms with Crippen LogP contribution in [0.5, 0.6) is 0 Å². The van der Waals surface area contributed by atoms with Crippen LogP contribution in [0.2, 0.25) is 0 Å². The molecule has 4 rings (SSSR count). The molecule has 0 aliphatic heterocycles. The van der Waals surface area contributed by atoms with Crippen LogP contribution in [0.3, 0.4) is 0 Å². The van der Waals surface area contributed by atoms with Gasteiger partial charge in [-0.1, -0.05) is 34.6 Å². The maximum absolute atomic E-state index is 11.8. The monoisotopic (exact) mass is 805 g/mol. The molecule has 0 saturated heterocycles. The topological polar surface area (TPSA) is 258 Å². The van der Waals surface area contributed by atoms with Crippen LogP contribution in [0.15, 0.2) is 0 Å². The van der Waals surface area contributed by atoms with Crippen molar-refractivity contribution in [2.45, 2.75) is 136 Å². The van der Waals surface area contributed by atoms with E-state index in [2.05, 4.69) is 35.7 Å². The van der Waals surface area contributed by atoms with Crippen molar-refractivity contribution in [2.75, 3.05) is 26.2 Å². The largest absolute Gasteiger partial charge is 0.478 e. The Morgan fingerprint density at radius 1 is 0.846 bits per heavy atom. The third-order valence-corrected chi connectivity index (χ3v) is 15.5. The number of fused-ring (bicyclic) bond motifs is 5. The first-order valence-corrected chi connectivity index (χ1v) is 23.7. The Bertz CT molecular complexity index is 1300. The first kappa shape index (κ1) is 46.4. The van der Waals surface area contributed by atoms with Gasteiger partial charge in [-0.05, 0) is 162 Å². The number of aliphatic hydroxyl groups excluding tert-OH is 1. The maximum Gasteiger partial charge on any atom is 0.478 e. The molecule has 10 N–H and O–H groups in total. The van der Waals surface area contributed by atoms with Crippen molar-refractivity contribution in [3.63, 3.8) is 0 Å². The third-order valence-electron chi connectivity index (χ3n) is 13.3. The van der Waals surface area contributed by atoms with E-state index < -0.39 is 32.1 Å². The summed E-state index contributed by atoms with van der Waals surface area (Å²) in [6.45, 7) is 15.3. The predicted molar refractivity (Wildman–Crippen MR) is 199 cm³/mol. The van der Waals surface area contributed by atoms with Crippen LogP contribution < -0.4 is 16.4 Å². The highest BCUT2D eigenvalue weighted by Crippen LogP contribution is 2.68. The summed E-state index contributed by atoms with van der Waals surface area (Å²) in [6, 6.07) is 0.573. The molecule has 11 atom stereocenters. The standard InChI is InChI=1S/C34H65N3O5S.H4O7P2/c1-23(2)31(42-43(39,40)41)12-9-24(3)27-10-11-28-32-29(14-16-34(27,28)5)33(4)15-13-26(21-25(33)22-30(32)38)37-20-8-19-36-18-7-6-17-35;1-8(2,3)7-9(4,5)6/h23-32,36-38H,6-22,35H2,1-5H3,(H,39,40,41);(H2,1,2,3)(H2,4,5,6)/t24-,25-,26+,27-,28+,29+,30-,31-,32+,33+,34-;/m1./s1. The fourth-order valence-corrected chi connectivity index (χ4v) is 12.6. The highest BCUT2D eigenvalue weighted by Gasteiger charge is 2.62. The molecule has 0 radical (unpaired) electrons. The molecule has 0 aromatic carbocycles. The first-order chi connectivity index (χ1) is 24.0. The van der Waals surface area contributed by atoms with Gasteiger partial charge in [-0.2, -0.15) is 12.7 Å². The maximum atomic E-state index is 11.8. The van der Waals surface area contributed by atoms with Gasteiger partial charge < -0.3 is 41.0 Å². The van der Waals surface area contributed by atoms with Crippen LogP contribution in [0, 0.1) is 52.3 Å². The minimum atomic E-state index is -5.05. The Hall–Kier alpha value is -0.0300. The normalized spacial score (nSPS) is 34.8. The lowest BCUT2D eigenvalue weighted by atomic mass is 9.43. The van der Waals surface area contributed by atoms with E-state index in [0.29, 0.717) is 53.4 Å². The molecule has 0 bridgehead atoms. The van der Waals surface area contributed by atoms with Crippen LogP contribution in [0.1, 0.15) is 118 Å². The second-order valence-corrected chi connectivity index (χ2v) is 20.6. The average Bonchev–Trinajstić information content (AvgIpc) is 3.36. The van der Waals surface area contributed by atoms with Gasteiger partial charge in [0.25, 0.3) is 0 Å². The third kappa shape index (κ3) is 13.3. The molecule has 0 aromatic rings. The Morgan fingerprint density at radius 2 is 1.46 bits per heavy atom. The summed E-state index contributed by atoms with van der Waals surface area (Å²) in [5.74, 6) is 3.21. The molecule has 4 fully saturated rings. The Morgan fingerprint density at radius 3 is 2.04 bits per heavy atom. The van der Waals surface area contributed by atoms with Gasteiger partial charge in [0.2, 0.25) is 0 Å². The summed E-state index contributed by atoms with van der Waals surface area (Å²) in [6.07, 6.45) is 13.7. The van der Waals surface area contributed by atoms with Crippen LogP contribution in [-0.4, -0.2) is 82.1 Å². The number of aliphatic hydroxyl groups is 1. The van der Waals surface area contributed by atoms with E-state index in [4.69, 9.17) is 29.5 Å². The van der Waals surface area contributed by atoms with Gasteiger partial charge in [-0.3, -0.25) is 4.55 Å². The molecule has 4 saturated carbocycles. The zero-order valence-electron chi connectivity index (χ0n) is 31.8. The molecular weight excluding hydrogens is 736 g/mol. The molecule has 0 amide bonds. The van der Waals surface area contributed by atoms with Gasteiger partial charge >= 0.3 is 26.0 Å². The van der Waals surface area contributed by atoms with E-state index in [1.807, 2.05) is 13.8 Å². The minimum absolute atomic E-state index is 0.0152. The number of phosphoric acid groups is 2. The summed E-state index contributed by atoms with van der Waals surface area (Å²) in [7, 11) is -14.6. The summed E-state index contributed by atoms with van der Waals surface area (Å²) in [5.41, 5.74) is 6.13. The van der Waals surface area contributed by atoms with E-state index in [1.54, 1.807) is 0 Å². The van der Waals surface area contributed by atoms with E-state index in [0.717, 1.165) is 58.3 Å². The lowest BCUT2D eigenvalue weighted by Crippen LogP contribution is -2.59. The lowest BCUT2D eigenvalue weighted by molar-refractivity contribution is -0.167. The van der Waals surface area contributed by atoms with Crippen molar-refractivity contribution < 1.29 is 55.3 Å². The zero-order chi connectivity index (χ0) is 39.1. The SMILES string of the molecule is CC(C)[C@@H](CC[C@@H](C)[C@H]1CC[C@H]2[C@@H]3[C@H](O)C[C@H]4C[C@@H](NCCCNCCCCN)CC[C@]4(C)[C@H]3CC[C@]12C)OS(=O)(=O)O.O=P(O)(O)OP(=O)(O)O. The second-order valence-electron chi connectivity index (χ2n) is 17.0. The van der Waals surface area contributed by atoms with Gasteiger partial charge in [0.05, 0.1) is 12.2 Å². The van der Waals surface area contributed by atoms with Crippen molar-refractivity contribution in [1.29, 1.82) is 0 Å². The van der Waals surface area contributed by atoms with Crippen molar-refractivity contribution in [3.8, 4) is 0 Å². The van der Waals surface area contributed by atoms with E-state index in [1.165, 1.54) is 44.9 Å². The number of hydrogen-bond donors (Lipinski definition) is 9. The molecule has 308 valence electrons. The Balaban J connectivity index is 0.000000715. The number of nitrogens with two attached hydrogens (primary N) is 1. The first-order valence-electron chi connectivity index (χ1n) is 19.3. The molecule has 18 heteroatoms. The van der Waals surface area contributed by atoms with Gasteiger partial charge in [0, 0.05) is 6.04 Å². The van der Waals surface area contributed by atoms with Crippen LogP contribution >= 0.6 is 15.6 Å². The number of nitrogens with one attached hydrogen (secondary N) is 2. The molecule has 4 aliphatic carbocycles. The number of rotatable bonds is 18. The molecule has 0 unspecified atom stereocenters. The fourth-order valence-electron chi connectivity index (χ4n) is 10.8. The summed E-state index contributed by atoms with van der Waals surface area (Å²) in [5, 5.41) is 19.2. The summed E-state index contributed by atoms with van der Waals surface area (Å²) >= 11 is 0. The summed E-state index contributed by atoms with van der Waals surface area (Å²) in [4.78, 5) is 31.0. The number of unbranched alkanes of at least 4 members (excludes halogenated alkanes) is 1. The highest BCUT2D eigenvalue weighted by molar-refractivity contribution is 7.80. The van der Waals surface area contributed by atoms with Crippen molar-refractivity contribution in [2.24, 2.45) is 58.0 Å². The molecule has 15 nitrogen and oxygen atoms in total. The van der Waals surface area contributed by atoms with Gasteiger partial charge in [-0.25, -0.2) is 13.3 Å². The summed E-state index contributed by atoms with van der Waals surface area (Å²) < 4.78 is 59.3. The molecule has 4 aliphatic rings. The molecular formula is C34H69N3O12P2S. The predicted octanol–water partition coefficient (Wildman–Crippen LogP) is 4.74. The quantitative estimate of drug-likeness (QED) is 0.0515. The van der Waals surface area contributed by atoms with E-state index in [-0.39, 0.29) is 17.4 Å². The molecule has 0 aromatic heterocycles. The molecule has 52 heavy (non-hydrogen) atoms. The molecule has 0 heterocycles. The smallest absolute Gasteiger partial charge is 0.393 e. The number of hydrogen-bond acceptors (Lipinski definition) is 10. The van der Waals surface area contributed by atoms with Gasteiger partial charge in [-0.15, -0.1) is 0 Å². The lowest BCUT2D eigenvalue weighted by Gasteiger charge is -2.62. The van der Waals surface area contributed by atoms with Crippen LogP contribution in [0.4, 0.5) is 0 Å². The highest BCUT2D eigenvalue weighted by atomic mass is 32.3. The Kier molecular flexibility index (Phi) is 17.3. The molecule has 0 spiro atoms. The van der Waals surface area contributed by atoms with Gasteiger partial charge in [0.15, 0.2) is 0 Å². The van der Waals surface area contributed by atoms with E-state index in [9.17, 15) is 27.2 Å². The average molecular weight is 806 g/mol. The van der Waals surface area contributed by atoms with Gasteiger partial charge in [0.1, 0.15) is 0 Å². The second kappa shape index (κ2) is 19.4. The van der Waals surface area contributed by atoms with E-state index >= 15 is 0 Å². The minimum Gasteiger partial charge on any atom is -0.393 e. The van der Waals surface area contributed by atoms with Crippen molar-refractivity contribution in [1.82, 2.24) is 10.6 Å². The fraction of sp³-hybridized carbons (Fsp3) is 1.00. The van der Waals surface area contributed by atoms with Crippen molar-refractivity contribution >= 4 is 26.0 Å².